The molecule has 2 amide bonds. The summed E-state index contributed by atoms with van der Waals surface area (Å²) >= 11 is 0. The van der Waals surface area contributed by atoms with Gasteiger partial charge in [0.1, 0.15) is 6.04 Å². The molecule has 0 bridgehead atoms. The Hall–Kier alpha value is -1.14. The number of rotatable bonds is 4. The first-order valence-corrected chi connectivity index (χ1v) is 8.11. The van der Waals surface area contributed by atoms with Gasteiger partial charge in [0.15, 0.2) is 0 Å². The summed E-state index contributed by atoms with van der Waals surface area (Å²) in [6.45, 7) is 3.93. The highest BCUT2D eigenvalue weighted by molar-refractivity contribution is 5.84. The lowest BCUT2D eigenvalue weighted by atomic mass is 9.96. The molecule has 0 aromatic heterocycles. The maximum Gasteiger partial charge on any atom is 0.242 e. The molecular formula is C15H25N3O3. The lowest BCUT2D eigenvalue weighted by Gasteiger charge is -2.35. The minimum atomic E-state index is -0.243. The lowest BCUT2D eigenvalue weighted by Crippen LogP contribution is -2.55. The van der Waals surface area contributed by atoms with E-state index in [-0.39, 0.29) is 23.8 Å². The van der Waals surface area contributed by atoms with Crippen molar-refractivity contribution in [1.29, 1.82) is 0 Å². The zero-order valence-corrected chi connectivity index (χ0v) is 12.5. The predicted molar refractivity (Wildman–Crippen MR) is 77.6 cm³/mol. The van der Waals surface area contributed by atoms with Crippen LogP contribution >= 0.6 is 0 Å². The summed E-state index contributed by atoms with van der Waals surface area (Å²) in [5.74, 6) is 0.839. The van der Waals surface area contributed by atoms with Crippen molar-refractivity contribution in [3.05, 3.63) is 0 Å². The van der Waals surface area contributed by atoms with Crippen LogP contribution in [0.5, 0.6) is 0 Å². The first-order chi connectivity index (χ1) is 10.2. The van der Waals surface area contributed by atoms with E-state index in [0.717, 1.165) is 32.5 Å². The van der Waals surface area contributed by atoms with Gasteiger partial charge < -0.3 is 20.3 Å². The van der Waals surface area contributed by atoms with E-state index in [4.69, 9.17) is 4.74 Å². The van der Waals surface area contributed by atoms with Crippen LogP contribution in [0.15, 0.2) is 0 Å². The van der Waals surface area contributed by atoms with Gasteiger partial charge in [0.25, 0.3) is 0 Å². The van der Waals surface area contributed by atoms with Crippen molar-refractivity contribution in [1.82, 2.24) is 15.5 Å². The minimum absolute atomic E-state index is 0.0500. The number of nitrogens with zero attached hydrogens (tertiary/aromatic N) is 1. The van der Waals surface area contributed by atoms with Crippen LogP contribution < -0.4 is 10.6 Å². The maximum atomic E-state index is 12.4. The van der Waals surface area contributed by atoms with Gasteiger partial charge >= 0.3 is 0 Å². The second-order valence-corrected chi connectivity index (χ2v) is 6.39. The number of carbonyl (C=O) groups excluding carboxylic acids is 2. The van der Waals surface area contributed by atoms with Crippen molar-refractivity contribution in [3.8, 4) is 0 Å². The number of ether oxygens (including phenoxy) is 1. The van der Waals surface area contributed by atoms with Crippen LogP contribution in [0.2, 0.25) is 0 Å². The van der Waals surface area contributed by atoms with Crippen LogP contribution in [0.4, 0.5) is 0 Å². The Morgan fingerprint density at radius 1 is 1.29 bits per heavy atom. The van der Waals surface area contributed by atoms with Gasteiger partial charge in [0.05, 0.1) is 19.1 Å². The molecule has 6 nitrogen and oxygen atoms in total. The first-order valence-electron chi connectivity index (χ1n) is 8.11. The number of morpholine rings is 1. The number of carbonyl (C=O) groups is 2. The van der Waals surface area contributed by atoms with Crippen molar-refractivity contribution in [3.63, 3.8) is 0 Å². The highest BCUT2D eigenvalue weighted by Gasteiger charge is 2.33. The summed E-state index contributed by atoms with van der Waals surface area (Å²) in [6.07, 6.45) is 4.27. The molecular weight excluding hydrogens is 270 g/mol. The quantitative estimate of drug-likeness (QED) is 0.750. The Balaban J connectivity index is 1.49. The number of piperidine rings is 1. The topological polar surface area (TPSA) is 70.7 Å². The fraction of sp³-hybridized carbons (Fsp3) is 0.867. The van der Waals surface area contributed by atoms with E-state index in [0.29, 0.717) is 25.7 Å². The van der Waals surface area contributed by atoms with Gasteiger partial charge in [-0.3, -0.25) is 9.59 Å². The van der Waals surface area contributed by atoms with Crippen molar-refractivity contribution < 1.29 is 14.3 Å². The molecule has 2 N–H and O–H groups in total. The normalized spacial score (nSPS) is 30.0. The van der Waals surface area contributed by atoms with Gasteiger partial charge in [-0.15, -0.1) is 0 Å². The summed E-state index contributed by atoms with van der Waals surface area (Å²) in [7, 11) is 0. The third kappa shape index (κ3) is 3.95. The lowest BCUT2D eigenvalue weighted by molar-refractivity contribution is -0.140. The standard InChI is InChI=1S/C15H25N3O3/c19-14(17-8-11-3-4-11)12-2-1-6-18(9-12)15(20)13-10-21-7-5-16-13/h11-13,16H,1-10H2,(H,17,19). The van der Waals surface area contributed by atoms with Crippen LogP contribution in [0.3, 0.4) is 0 Å². The number of hydrogen-bond donors (Lipinski definition) is 2. The van der Waals surface area contributed by atoms with E-state index in [1.165, 1.54) is 12.8 Å². The van der Waals surface area contributed by atoms with Crippen molar-refractivity contribution in [2.75, 3.05) is 39.4 Å². The molecule has 3 rings (SSSR count). The molecule has 21 heavy (non-hydrogen) atoms. The highest BCUT2D eigenvalue weighted by Crippen LogP contribution is 2.28. The van der Waals surface area contributed by atoms with Crippen molar-refractivity contribution >= 4 is 11.8 Å². The van der Waals surface area contributed by atoms with E-state index < -0.39 is 0 Å². The summed E-state index contributed by atoms with van der Waals surface area (Å²) in [4.78, 5) is 26.5. The summed E-state index contributed by atoms with van der Waals surface area (Å²) in [6, 6.07) is -0.243. The molecule has 2 aliphatic heterocycles. The first kappa shape index (κ1) is 14.8. The summed E-state index contributed by atoms with van der Waals surface area (Å²) in [5, 5.41) is 6.23. The molecule has 1 aliphatic carbocycles. The Morgan fingerprint density at radius 2 is 2.14 bits per heavy atom. The molecule has 2 heterocycles. The van der Waals surface area contributed by atoms with Crippen molar-refractivity contribution in [2.45, 2.75) is 31.7 Å². The largest absolute Gasteiger partial charge is 0.378 e. The molecule has 6 heteroatoms. The molecule has 3 fully saturated rings. The van der Waals surface area contributed by atoms with Crippen LogP contribution in [-0.4, -0.2) is 62.1 Å². The average Bonchev–Trinajstić information content (AvgIpc) is 3.37. The number of amides is 2. The molecule has 0 spiro atoms. The summed E-state index contributed by atoms with van der Waals surface area (Å²) < 4.78 is 5.35. The number of likely N-dealkylation sites (tertiary alicyclic amines) is 1. The van der Waals surface area contributed by atoms with E-state index >= 15 is 0 Å². The van der Waals surface area contributed by atoms with Crippen LogP contribution in [0.1, 0.15) is 25.7 Å². The van der Waals surface area contributed by atoms with Crippen LogP contribution in [0.25, 0.3) is 0 Å². The maximum absolute atomic E-state index is 12.4. The molecule has 3 aliphatic rings. The van der Waals surface area contributed by atoms with Gasteiger partial charge in [0.2, 0.25) is 11.8 Å². The molecule has 2 unspecified atom stereocenters. The third-order valence-corrected chi connectivity index (χ3v) is 4.59. The van der Waals surface area contributed by atoms with Crippen LogP contribution in [-0.2, 0) is 14.3 Å². The zero-order chi connectivity index (χ0) is 14.7. The van der Waals surface area contributed by atoms with E-state index in [2.05, 4.69) is 10.6 Å². The van der Waals surface area contributed by atoms with E-state index in [9.17, 15) is 9.59 Å². The molecule has 0 aromatic carbocycles. The van der Waals surface area contributed by atoms with Crippen LogP contribution in [0, 0.1) is 11.8 Å². The second-order valence-electron chi connectivity index (χ2n) is 6.39. The van der Waals surface area contributed by atoms with Crippen molar-refractivity contribution in [2.24, 2.45) is 11.8 Å². The van der Waals surface area contributed by atoms with Gasteiger partial charge in [0, 0.05) is 26.2 Å². The Bertz CT molecular complexity index is 392. The molecule has 0 aromatic rings. The molecule has 0 radical (unpaired) electrons. The molecule has 118 valence electrons. The zero-order valence-electron chi connectivity index (χ0n) is 12.5. The molecule has 2 saturated heterocycles. The Labute approximate surface area is 125 Å². The Morgan fingerprint density at radius 3 is 2.86 bits per heavy atom. The number of hydrogen-bond acceptors (Lipinski definition) is 4. The van der Waals surface area contributed by atoms with Gasteiger partial charge in [-0.2, -0.15) is 0 Å². The molecule has 2 atom stereocenters. The smallest absolute Gasteiger partial charge is 0.242 e. The predicted octanol–water partition coefficient (Wildman–Crippen LogP) is -0.260. The third-order valence-electron chi connectivity index (χ3n) is 4.59. The SMILES string of the molecule is O=C(NCC1CC1)C1CCCN(C(=O)C2COCCN2)C1. The average molecular weight is 295 g/mol. The van der Waals surface area contributed by atoms with E-state index in [1.807, 2.05) is 4.90 Å². The monoisotopic (exact) mass is 295 g/mol. The summed E-state index contributed by atoms with van der Waals surface area (Å²) in [5.41, 5.74) is 0. The fourth-order valence-electron chi connectivity index (χ4n) is 3.05. The number of nitrogens with one attached hydrogen (secondary N) is 2. The minimum Gasteiger partial charge on any atom is -0.378 e. The molecule has 1 saturated carbocycles. The Kier molecular flexibility index (Phi) is 4.75. The van der Waals surface area contributed by atoms with Gasteiger partial charge in [-0.05, 0) is 31.6 Å². The fourth-order valence-corrected chi connectivity index (χ4v) is 3.05. The van der Waals surface area contributed by atoms with Gasteiger partial charge in [-0.1, -0.05) is 0 Å². The second kappa shape index (κ2) is 6.75. The van der Waals surface area contributed by atoms with E-state index in [1.54, 1.807) is 0 Å². The highest BCUT2D eigenvalue weighted by atomic mass is 16.5. The van der Waals surface area contributed by atoms with Gasteiger partial charge in [-0.25, -0.2) is 0 Å².